The first-order valence-electron chi connectivity index (χ1n) is 1.64. The average Bonchev–Trinajstić information content (AvgIpc) is 1.54. The van der Waals surface area contributed by atoms with E-state index in [4.69, 9.17) is 30.3 Å². The van der Waals surface area contributed by atoms with Crippen molar-refractivity contribution >= 4 is 0 Å². The van der Waals surface area contributed by atoms with Crippen molar-refractivity contribution in [3.8, 4) is 0 Å². The maximum absolute atomic E-state index is 8.62. The van der Waals surface area contributed by atoms with E-state index in [2.05, 4.69) is 0 Å². The van der Waals surface area contributed by atoms with E-state index >= 15 is 0 Å². The fraction of sp³-hybridized carbons (Fsp3) is 0. The van der Waals surface area contributed by atoms with Crippen molar-refractivity contribution in [1.82, 2.24) is 0 Å². The largest absolute Gasteiger partial charge is 3.00 e. The van der Waals surface area contributed by atoms with E-state index in [1.165, 1.54) is 0 Å². The summed E-state index contributed by atoms with van der Waals surface area (Å²) in [5.41, 5.74) is 0. The first-order valence-corrected chi connectivity index (χ1v) is 13.4. The summed E-state index contributed by atoms with van der Waals surface area (Å²) in [7, 11) is 0. The molecule has 0 saturated carbocycles. The Balaban J connectivity index is -0.0000000450. The van der Waals surface area contributed by atoms with Crippen LogP contribution in [-0.2, 0) is 75.9 Å². The molecule has 0 heterocycles. The van der Waals surface area contributed by atoms with E-state index in [0.29, 0.717) is 0 Å². The third-order valence-corrected chi connectivity index (χ3v) is 0. The molecule has 0 amide bonds. The SMILES string of the molecule is [O]=[Ta](=[O])[O-].[O]=[Ta](=[O])[O-].[O]=[Ta](=[O])[O-].[Tb+3]. The summed E-state index contributed by atoms with van der Waals surface area (Å²) in [6.07, 6.45) is 0. The smallest absolute Gasteiger partial charge is 3.00 e. The molecule has 13 heavy (non-hydrogen) atoms. The van der Waals surface area contributed by atoms with E-state index in [0.717, 1.165) is 0 Å². The van der Waals surface area contributed by atoms with Crippen molar-refractivity contribution in [3.05, 3.63) is 0 Å². The fourth-order valence-corrected chi connectivity index (χ4v) is 0. The van der Waals surface area contributed by atoms with Crippen molar-refractivity contribution in [1.29, 1.82) is 0 Å². The number of rotatable bonds is 0. The summed E-state index contributed by atoms with van der Waals surface area (Å²) in [6, 6.07) is 0. The normalized spacial score (nSPS) is 5.77. The first kappa shape index (κ1) is 24.4. The van der Waals surface area contributed by atoms with Crippen molar-refractivity contribution in [2.45, 2.75) is 0 Å². The fourth-order valence-electron chi connectivity index (χ4n) is 0. The van der Waals surface area contributed by atoms with Crippen LogP contribution in [0, 0.1) is 38.6 Å². The molecule has 0 fully saturated rings. The molecule has 0 atom stereocenters. The molecule has 0 aliphatic heterocycles. The molecule has 9 nitrogen and oxygen atoms in total. The van der Waals surface area contributed by atoms with E-state index in [9.17, 15) is 0 Å². The van der Waals surface area contributed by atoms with Gasteiger partial charge in [0.25, 0.3) is 0 Å². The van der Waals surface area contributed by atoms with E-state index in [-0.39, 0.29) is 38.6 Å². The van der Waals surface area contributed by atoms with Gasteiger partial charge in [0.05, 0.1) is 0 Å². The van der Waals surface area contributed by atoms with Crippen molar-refractivity contribution < 1.29 is 125 Å². The number of hydrogen-bond acceptors (Lipinski definition) is 9. The Morgan fingerprint density at radius 3 is 0.538 bits per heavy atom. The van der Waals surface area contributed by atoms with Crippen LogP contribution in [0.15, 0.2) is 0 Å². The van der Waals surface area contributed by atoms with Gasteiger partial charge in [-0.3, -0.25) is 0 Å². The molecule has 0 radical (unpaired) electrons. The third-order valence-electron chi connectivity index (χ3n) is 0. The molecule has 0 unspecified atom stereocenters. The van der Waals surface area contributed by atoms with Gasteiger partial charge in [-0.1, -0.05) is 0 Å². The van der Waals surface area contributed by atoms with Gasteiger partial charge < -0.3 is 0 Å². The van der Waals surface area contributed by atoms with Crippen molar-refractivity contribution in [3.63, 3.8) is 0 Å². The van der Waals surface area contributed by atoms with Gasteiger partial charge in [0, 0.05) is 0 Å². The Hall–Kier alpha value is 2.19. The van der Waals surface area contributed by atoms with Crippen LogP contribution >= 0.6 is 0 Å². The van der Waals surface area contributed by atoms with Crippen molar-refractivity contribution in [2.24, 2.45) is 0 Å². The Morgan fingerprint density at radius 1 is 0.538 bits per heavy atom. The van der Waals surface area contributed by atoms with Crippen LogP contribution in [0.25, 0.3) is 0 Å². The monoisotopic (exact) mass is 846 g/mol. The van der Waals surface area contributed by atoms with Crippen LogP contribution in [0.5, 0.6) is 0 Å². The summed E-state index contributed by atoms with van der Waals surface area (Å²) in [5.74, 6) is 0. The quantitative estimate of drug-likeness (QED) is 0.234. The summed E-state index contributed by atoms with van der Waals surface area (Å²) in [6.45, 7) is 0. The van der Waals surface area contributed by atoms with Gasteiger partial charge in [-0.05, 0) is 0 Å². The van der Waals surface area contributed by atoms with Crippen LogP contribution < -0.4 is 10.8 Å². The minimum Gasteiger partial charge on any atom is 3.00 e. The van der Waals surface area contributed by atoms with Crippen LogP contribution in [0.1, 0.15) is 0 Å². The molecule has 0 aliphatic carbocycles. The second-order valence-corrected chi connectivity index (χ2v) is 5.49. The predicted octanol–water partition coefficient (Wildman–Crippen LogP) is -4.29. The molecule has 0 aromatic rings. The maximum Gasteiger partial charge on any atom is 3.00 e. The van der Waals surface area contributed by atoms with Crippen LogP contribution in [0.3, 0.4) is 0 Å². The zero-order valence-electron chi connectivity index (χ0n) is 5.35. The molecule has 78 valence electrons. The van der Waals surface area contributed by atoms with Gasteiger partial charge in [0.1, 0.15) is 0 Å². The van der Waals surface area contributed by atoms with E-state index in [1.54, 1.807) is 0 Å². The molecular formula is O9Ta3Tb. The predicted molar refractivity (Wildman–Crippen MR) is 4.12 cm³/mol. The Bertz CT molecular complexity index is 208. The van der Waals surface area contributed by atoms with Crippen LogP contribution in [0.2, 0.25) is 0 Å². The van der Waals surface area contributed by atoms with E-state index < -0.39 is 56.4 Å². The third kappa shape index (κ3) is 441. The molecule has 0 bridgehead atoms. The standard InChI is InChI=1S/9O.3Ta.Tb/q;;;;;;3*-1;;;;+3. The minimum absolute atomic E-state index is 0. The zero-order valence-corrected chi connectivity index (χ0v) is 17.1. The molecule has 13 heteroatoms. The molecule has 0 spiro atoms. The van der Waals surface area contributed by atoms with Gasteiger partial charge in [0.2, 0.25) is 0 Å². The van der Waals surface area contributed by atoms with Crippen molar-refractivity contribution in [2.75, 3.05) is 0 Å². The van der Waals surface area contributed by atoms with Crippen LogP contribution in [-0.4, -0.2) is 0 Å². The Labute approximate surface area is 123 Å². The topological polar surface area (TPSA) is 172 Å². The van der Waals surface area contributed by atoms with Gasteiger partial charge >= 0.3 is 125 Å². The van der Waals surface area contributed by atoms with Gasteiger partial charge in [0.15, 0.2) is 0 Å². The molecule has 0 aromatic heterocycles. The second-order valence-electron chi connectivity index (χ2n) is 0.671. The summed E-state index contributed by atoms with van der Waals surface area (Å²) in [5, 5.41) is 0. The van der Waals surface area contributed by atoms with Gasteiger partial charge in [-0.25, -0.2) is 0 Å². The zero-order chi connectivity index (χ0) is 10.7. The second kappa shape index (κ2) is 19.7. The Kier molecular flexibility index (Phi) is 37.0. The number of hydrogen-bond donors (Lipinski definition) is 0. The molecular weight excluding hydrogens is 846 g/mol. The average molecular weight is 846 g/mol. The summed E-state index contributed by atoms with van der Waals surface area (Å²) in [4.78, 5) is 0. The molecule has 0 aliphatic rings. The Morgan fingerprint density at radius 2 is 0.538 bits per heavy atom. The first-order chi connectivity index (χ1) is 5.20. The van der Waals surface area contributed by atoms with Gasteiger partial charge in [-0.15, -0.1) is 0 Å². The summed E-state index contributed by atoms with van der Waals surface area (Å²) >= 11 is -13.0. The molecule has 0 rings (SSSR count). The summed E-state index contributed by atoms with van der Waals surface area (Å²) < 4.78 is 77.6. The van der Waals surface area contributed by atoms with Gasteiger partial charge in [-0.2, -0.15) is 0 Å². The molecule has 0 aromatic carbocycles. The van der Waals surface area contributed by atoms with E-state index in [1.807, 2.05) is 0 Å². The molecule has 0 saturated heterocycles. The molecule has 0 N–H and O–H groups in total. The minimum atomic E-state index is -4.34. The van der Waals surface area contributed by atoms with Crippen LogP contribution in [0.4, 0.5) is 0 Å². The maximum atomic E-state index is 8.62.